The van der Waals surface area contributed by atoms with Gasteiger partial charge in [0.2, 0.25) is 0 Å². The summed E-state index contributed by atoms with van der Waals surface area (Å²) in [5, 5.41) is 8.94. The lowest BCUT2D eigenvalue weighted by Gasteiger charge is -2.10. The van der Waals surface area contributed by atoms with Crippen molar-refractivity contribution in [2.24, 2.45) is 0 Å². The van der Waals surface area contributed by atoms with Crippen molar-refractivity contribution in [3.63, 3.8) is 0 Å². The molecule has 16 heavy (non-hydrogen) atoms. The van der Waals surface area contributed by atoms with E-state index in [0.717, 1.165) is 0 Å². The predicted octanol–water partition coefficient (Wildman–Crippen LogP) is 1.66. The standard InChI is InChI=1S/C11H12ClN3O/c1-7-9(10(16)6-15(2)3)4-8(5-13)11(12)14-7/h4H,6H2,1-3H3. The Morgan fingerprint density at radius 1 is 1.62 bits per heavy atom. The molecule has 0 aromatic carbocycles. The minimum absolute atomic E-state index is 0.0665. The first-order chi connectivity index (χ1) is 7.45. The van der Waals surface area contributed by atoms with E-state index in [9.17, 15) is 4.79 Å². The molecule has 0 amide bonds. The summed E-state index contributed by atoms with van der Waals surface area (Å²) in [6.45, 7) is 1.99. The molecule has 0 saturated carbocycles. The molecule has 0 aliphatic heterocycles. The molecule has 0 atom stereocenters. The van der Waals surface area contributed by atoms with E-state index >= 15 is 0 Å². The number of pyridine rings is 1. The number of aryl methyl sites for hydroxylation is 1. The number of likely N-dealkylation sites (N-methyl/N-ethyl adjacent to an activating group) is 1. The van der Waals surface area contributed by atoms with E-state index in [2.05, 4.69) is 4.98 Å². The minimum atomic E-state index is -0.0665. The van der Waals surface area contributed by atoms with Gasteiger partial charge in [-0.3, -0.25) is 4.79 Å². The number of hydrogen-bond donors (Lipinski definition) is 0. The summed E-state index contributed by atoms with van der Waals surface area (Å²) < 4.78 is 0. The molecule has 4 nitrogen and oxygen atoms in total. The third-order valence-electron chi connectivity index (χ3n) is 2.05. The number of aromatic nitrogens is 1. The zero-order valence-electron chi connectivity index (χ0n) is 9.41. The number of ketones is 1. The second kappa shape index (κ2) is 5.06. The Balaban J connectivity index is 3.15. The van der Waals surface area contributed by atoms with Crippen LogP contribution in [0.3, 0.4) is 0 Å². The number of Topliss-reactive ketones (excluding diaryl/α,β-unsaturated/α-hetero) is 1. The van der Waals surface area contributed by atoms with Gasteiger partial charge in [-0.15, -0.1) is 0 Å². The molecule has 0 N–H and O–H groups in total. The van der Waals surface area contributed by atoms with Crippen molar-refractivity contribution in [3.05, 3.63) is 28.0 Å². The SMILES string of the molecule is Cc1nc(Cl)c(C#N)cc1C(=O)CN(C)C. The average molecular weight is 238 g/mol. The monoisotopic (exact) mass is 237 g/mol. The topological polar surface area (TPSA) is 57.0 Å². The van der Waals surface area contributed by atoms with Gasteiger partial charge in [0, 0.05) is 11.3 Å². The highest BCUT2D eigenvalue weighted by atomic mass is 35.5. The van der Waals surface area contributed by atoms with Crippen molar-refractivity contribution in [3.8, 4) is 6.07 Å². The zero-order valence-corrected chi connectivity index (χ0v) is 10.2. The highest BCUT2D eigenvalue weighted by Crippen LogP contribution is 2.17. The summed E-state index contributed by atoms with van der Waals surface area (Å²) in [7, 11) is 3.61. The molecule has 5 heteroatoms. The maximum absolute atomic E-state index is 11.8. The first-order valence-corrected chi connectivity index (χ1v) is 5.08. The third-order valence-corrected chi connectivity index (χ3v) is 2.34. The van der Waals surface area contributed by atoms with E-state index in [1.807, 2.05) is 20.2 Å². The highest BCUT2D eigenvalue weighted by Gasteiger charge is 2.14. The van der Waals surface area contributed by atoms with Crippen molar-refractivity contribution >= 4 is 17.4 Å². The van der Waals surface area contributed by atoms with Crippen LogP contribution in [0.25, 0.3) is 0 Å². The molecule has 0 fully saturated rings. The Labute approximate surface area is 99.5 Å². The molecule has 0 saturated heterocycles. The summed E-state index contributed by atoms with van der Waals surface area (Å²) in [5.74, 6) is -0.0665. The lowest BCUT2D eigenvalue weighted by molar-refractivity contribution is 0.0957. The summed E-state index contributed by atoms with van der Waals surface area (Å²) >= 11 is 5.76. The predicted molar refractivity (Wildman–Crippen MR) is 61.6 cm³/mol. The number of hydrogen-bond acceptors (Lipinski definition) is 4. The molecule has 1 rings (SSSR count). The van der Waals surface area contributed by atoms with Crippen molar-refractivity contribution < 1.29 is 4.79 Å². The van der Waals surface area contributed by atoms with Crippen LogP contribution in [-0.2, 0) is 0 Å². The van der Waals surface area contributed by atoms with E-state index in [1.54, 1.807) is 11.8 Å². The molecule has 0 spiro atoms. The van der Waals surface area contributed by atoms with Crippen LogP contribution in [0.15, 0.2) is 6.07 Å². The molecular weight excluding hydrogens is 226 g/mol. The number of nitrogens with zero attached hydrogens (tertiary/aromatic N) is 3. The summed E-state index contributed by atoms with van der Waals surface area (Å²) in [4.78, 5) is 17.6. The molecule has 84 valence electrons. The van der Waals surface area contributed by atoms with Crippen molar-refractivity contribution in [1.82, 2.24) is 9.88 Å². The third kappa shape index (κ3) is 2.78. The Bertz CT molecular complexity index is 463. The smallest absolute Gasteiger partial charge is 0.178 e. The Morgan fingerprint density at radius 2 is 2.25 bits per heavy atom. The van der Waals surface area contributed by atoms with Crippen LogP contribution in [0.2, 0.25) is 5.15 Å². The van der Waals surface area contributed by atoms with Gasteiger partial charge in [-0.05, 0) is 27.1 Å². The van der Waals surface area contributed by atoms with Gasteiger partial charge in [0.15, 0.2) is 5.78 Å². The quantitative estimate of drug-likeness (QED) is 0.593. The lowest BCUT2D eigenvalue weighted by Crippen LogP contribution is -2.22. The fourth-order valence-corrected chi connectivity index (χ4v) is 1.53. The van der Waals surface area contributed by atoms with E-state index in [-0.39, 0.29) is 23.0 Å². The van der Waals surface area contributed by atoms with Gasteiger partial charge in [-0.1, -0.05) is 11.6 Å². The van der Waals surface area contributed by atoms with Gasteiger partial charge in [0.05, 0.1) is 12.1 Å². The van der Waals surface area contributed by atoms with Crippen LogP contribution in [0.5, 0.6) is 0 Å². The van der Waals surface area contributed by atoms with Gasteiger partial charge in [-0.25, -0.2) is 4.98 Å². The normalized spacial score (nSPS) is 10.2. The van der Waals surface area contributed by atoms with E-state index in [0.29, 0.717) is 11.3 Å². The number of rotatable bonds is 3. The molecule has 1 aromatic rings. The minimum Gasteiger partial charge on any atom is -0.302 e. The van der Waals surface area contributed by atoms with Crippen LogP contribution in [-0.4, -0.2) is 36.3 Å². The molecule has 0 unspecified atom stereocenters. The highest BCUT2D eigenvalue weighted by molar-refractivity contribution is 6.30. The molecule has 1 heterocycles. The summed E-state index contributed by atoms with van der Waals surface area (Å²) in [5.41, 5.74) is 1.24. The molecule has 1 aromatic heterocycles. The first kappa shape index (κ1) is 12.6. The summed E-state index contributed by atoms with van der Waals surface area (Å²) in [6, 6.07) is 3.41. The van der Waals surface area contributed by atoms with E-state index in [4.69, 9.17) is 16.9 Å². The van der Waals surface area contributed by atoms with Crippen LogP contribution >= 0.6 is 11.6 Å². The molecule has 0 bridgehead atoms. The Hall–Kier alpha value is -1.44. The van der Waals surface area contributed by atoms with E-state index < -0.39 is 0 Å². The number of carbonyl (C=O) groups excluding carboxylic acids is 1. The molecule has 0 radical (unpaired) electrons. The first-order valence-electron chi connectivity index (χ1n) is 4.71. The summed E-state index contributed by atoms with van der Waals surface area (Å²) in [6.07, 6.45) is 0. The van der Waals surface area contributed by atoms with Crippen molar-refractivity contribution in [1.29, 1.82) is 5.26 Å². The van der Waals surface area contributed by atoms with E-state index in [1.165, 1.54) is 6.07 Å². The van der Waals surface area contributed by atoms with Crippen LogP contribution in [0.1, 0.15) is 21.6 Å². The van der Waals surface area contributed by atoms with Gasteiger partial charge < -0.3 is 4.90 Å². The van der Waals surface area contributed by atoms with Crippen LogP contribution in [0, 0.1) is 18.3 Å². The van der Waals surface area contributed by atoms with Crippen molar-refractivity contribution in [2.75, 3.05) is 20.6 Å². The number of carbonyl (C=O) groups is 1. The Kier molecular flexibility index (Phi) is 3.99. The Morgan fingerprint density at radius 3 is 2.75 bits per heavy atom. The van der Waals surface area contributed by atoms with Gasteiger partial charge in [0.1, 0.15) is 11.2 Å². The van der Waals surface area contributed by atoms with Crippen LogP contribution < -0.4 is 0 Å². The second-order valence-corrected chi connectivity index (χ2v) is 4.09. The van der Waals surface area contributed by atoms with Gasteiger partial charge >= 0.3 is 0 Å². The molecular formula is C11H12ClN3O. The second-order valence-electron chi connectivity index (χ2n) is 3.73. The largest absolute Gasteiger partial charge is 0.302 e. The van der Waals surface area contributed by atoms with Gasteiger partial charge in [-0.2, -0.15) is 5.26 Å². The number of nitriles is 1. The zero-order chi connectivity index (χ0) is 12.3. The number of halogens is 1. The average Bonchev–Trinajstić information content (AvgIpc) is 2.16. The molecule has 0 aliphatic rings. The van der Waals surface area contributed by atoms with Gasteiger partial charge in [0.25, 0.3) is 0 Å². The maximum Gasteiger partial charge on any atom is 0.178 e. The van der Waals surface area contributed by atoms with Crippen molar-refractivity contribution in [2.45, 2.75) is 6.92 Å². The fourth-order valence-electron chi connectivity index (χ4n) is 1.31. The molecule has 0 aliphatic carbocycles. The fraction of sp³-hybridized carbons (Fsp3) is 0.364. The van der Waals surface area contributed by atoms with Crippen LogP contribution in [0.4, 0.5) is 0 Å². The lowest BCUT2D eigenvalue weighted by atomic mass is 10.1. The maximum atomic E-state index is 11.8.